The fourth-order valence-corrected chi connectivity index (χ4v) is 1.66. The average molecular weight is 271 g/mol. The molecule has 1 heterocycles. The Kier molecular flexibility index (Phi) is 3.62. The SMILES string of the molecule is Cc1c(Cl)ncc(CBr)c1C(F)F. The summed E-state index contributed by atoms with van der Waals surface area (Å²) in [6, 6.07) is 0. The maximum absolute atomic E-state index is 12.5. The first kappa shape index (κ1) is 10.9. The molecule has 5 heteroatoms. The van der Waals surface area contributed by atoms with E-state index in [-0.39, 0.29) is 10.7 Å². The first-order valence-corrected chi connectivity index (χ1v) is 5.05. The van der Waals surface area contributed by atoms with Gasteiger partial charge in [-0.05, 0) is 18.1 Å². The summed E-state index contributed by atoms with van der Waals surface area (Å²) in [5.41, 5.74) is 0.822. The molecule has 0 aliphatic heterocycles. The fraction of sp³-hybridized carbons (Fsp3) is 0.375. The molecule has 72 valence electrons. The van der Waals surface area contributed by atoms with Gasteiger partial charge in [0, 0.05) is 17.1 Å². The van der Waals surface area contributed by atoms with Crippen molar-refractivity contribution in [2.24, 2.45) is 0 Å². The summed E-state index contributed by atoms with van der Waals surface area (Å²) in [5, 5.41) is 0.498. The van der Waals surface area contributed by atoms with Gasteiger partial charge in [0.1, 0.15) is 5.15 Å². The highest BCUT2D eigenvalue weighted by atomic mass is 79.9. The van der Waals surface area contributed by atoms with Crippen LogP contribution in [0, 0.1) is 6.92 Å². The van der Waals surface area contributed by atoms with E-state index in [1.165, 1.54) is 6.20 Å². The molecule has 0 amide bonds. The lowest BCUT2D eigenvalue weighted by Crippen LogP contribution is -1.98. The third-order valence-corrected chi connectivity index (χ3v) is 2.74. The van der Waals surface area contributed by atoms with Gasteiger partial charge in [0.05, 0.1) is 0 Å². The van der Waals surface area contributed by atoms with E-state index < -0.39 is 6.43 Å². The minimum absolute atomic E-state index is 0.0168. The number of hydrogen-bond donors (Lipinski definition) is 0. The number of aromatic nitrogens is 1. The highest BCUT2D eigenvalue weighted by Gasteiger charge is 2.17. The van der Waals surface area contributed by atoms with Gasteiger partial charge < -0.3 is 0 Å². The predicted octanol–water partition coefficient (Wildman–Crippen LogP) is 3.88. The van der Waals surface area contributed by atoms with Gasteiger partial charge in [0.25, 0.3) is 6.43 Å². The van der Waals surface area contributed by atoms with Crippen LogP contribution in [0.2, 0.25) is 5.15 Å². The van der Waals surface area contributed by atoms with Gasteiger partial charge in [-0.1, -0.05) is 27.5 Å². The number of nitrogens with zero attached hydrogens (tertiary/aromatic N) is 1. The van der Waals surface area contributed by atoms with Crippen LogP contribution in [0.5, 0.6) is 0 Å². The minimum atomic E-state index is -2.51. The molecule has 0 fully saturated rings. The van der Waals surface area contributed by atoms with Gasteiger partial charge >= 0.3 is 0 Å². The molecule has 1 aromatic heterocycles. The highest BCUT2D eigenvalue weighted by Crippen LogP contribution is 2.30. The van der Waals surface area contributed by atoms with E-state index in [0.717, 1.165) is 0 Å². The second-order valence-corrected chi connectivity index (χ2v) is 3.47. The van der Waals surface area contributed by atoms with Crippen molar-refractivity contribution in [3.8, 4) is 0 Å². The second kappa shape index (κ2) is 4.33. The van der Waals surface area contributed by atoms with Gasteiger partial charge in [-0.15, -0.1) is 0 Å². The third kappa shape index (κ3) is 2.17. The van der Waals surface area contributed by atoms with Crippen molar-refractivity contribution in [1.82, 2.24) is 4.98 Å². The van der Waals surface area contributed by atoms with E-state index in [2.05, 4.69) is 20.9 Å². The molecule has 0 saturated heterocycles. The van der Waals surface area contributed by atoms with Crippen LogP contribution in [0.15, 0.2) is 6.20 Å². The summed E-state index contributed by atoms with van der Waals surface area (Å²) in [6.45, 7) is 1.54. The fourth-order valence-electron chi connectivity index (χ4n) is 1.06. The van der Waals surface area contributed by atoms with Crippen LogP contribution in [-0.2, 0) is 5.33 Å². The molecular formula is C8H7BrClF2N. The van der Waals surface area contributed by atoms with Crippen molar-refractivity contribution in [3.05, 3.63) is 28.0 Å². The Morgan fingerprint density at radius 2 is 2.23 bits per heavy atom. The summed E-state index contributed by atoms with van der Waals surface area (Å²) in [7, 11) is 0. The van der Waals surface area contributed by atoms with Crippen LogP contribution in [0.1, 0.15) is 23.1 Å². The Morgan fingerprint density at radius 3 is 2.69 bits per heavy atom. The predicted molar refractivity (Wildman–Crippen MR) is 51.6 cm³/mol. The quantitative estimate of drug-likeness (QED) is 0.587. The van der Waals surface area contributed by atoms with Crippen molar-refractivity contribution in [3.63, 3.8) is 0 Å². The van der Waals surface area contributed by atoms with Crippen LogP contribution in [0.4, 0.5) is 8.78 Å². The van der Waals surface area contributed by atoms with Crippen molar-refractivity contribution in [2.75, 3.05) is 0 Å². The molecule has 13 heavy (non-hydrogen) atoms. The zero-order valence-corrected chi connectivity index (χ0v) is 9.16. The van der Waals surface area contributed by atoms with Crippen molar-refractivity contribution >= 4 is 27.5 Å². The smallest absolute Gasteiger partial charge is 0.244 e. The molecule has 0 saturated carbocycles. The average Bonchev–Trinajstić information content (AvgIpc) is 2.08. The van der Waals surface area contributed by atoms with E-state index in [4.69, 9.17) is 11.6 Å². The van der Waals surface area contributed by atoms with Gasteiger partial charge in [-0.3, -0.25) is 0 Å². The zero-order valence-electron chi connectivity index (χ0n) is 6.82. The molecule has 1 aromatic rings. The number of rotatable bonds is 2. The maximum Gasteiger partial charge on any atom is 0.264 e. The van der Waals surface area contributed by atoms with Gasteiger partial charge in [0.2, 0.25) is 0 Å². The summed E-state index contributed by atoms with van der Waals surface area (Å²) in [5.74, 6) is 0. The monoisotopic (exact) mass is 269 g/mol. The Hall–Kier alpha value is -0.220. The first-order chi connectivity index (χ1) is 6.07. The van der Waals surface area contributed by atoms with E-state index in [1.807, 2.05) is 0 Å². The number of halogens is 4. The molecule has 0 aliphatic carbocycles. The second-order valence-electron chi connectivity index (χ2n) is 2.55. The number of pyridine rings is 1. The highest BCUT2D eigenvalue weighted by molar-refractivity contribution is 9.08. The molecule has 0 unspecified atom stereocenters. The zero-order chi connectivity index (χ0) is 10.0. The normalized spacial score (nSPS) is 10.9. The minimum Gasteiger partial charge on any atom is -0.244 e. The summed E-state index contributed by atoms with van der Waals surface area (Å²) >= 11 is 8.75. The lowest BCUT2D eigenvalue weighted by molar-refractivity contribution is 0.149. The molecular weight excluding hydrogens is 263 g/mol. The molecule has 0 atom stereocenters. The summed E-state index contributed by atoms with van der Waals surface area (Å²) in [4.78, 5) is 3.79. The Balaban J connectivity index is 3.32. The molecule has 0 bridgehead atoms. The molecule has 1 nitrogen and oxygen atoms in total. The Labute approximate surface area is 88.2 Å². The van der Waals surface area contributed by atoms with Crippen molar-refractivity contribution in [1.29, 1.82) is 0 Å². The third-order valence-electron chi connectivity index (χ3n) is 1.76. The summed E-state index contributed by atoms with van der Waals surface area (Å²) < 4.78 is 25.1. The Morgan fingerprint density at radius 1 is 1.62 bits per heavy atom. The lowest BCUT2D eigenvalue weighted by Gasteiger charge is -2.10. The van der Waals surface area contributed by atoms with Crippen molar-refractivity contribution in [2.45, 2.75) is 18.7 Å². The van der Waals surface area contributed by atoms with Gasteiger partial charge in [0.15, 0.2) is 0 Å². The van der Waals surface area contributed by atoms with E-state index >= 15 is 0 Å². The lowest BCUT2D eigenvalue weighted by atomic mass is 10.1. The first-order valence-electron chi connectivity index (χ1n) is 3.56. The van der Waals surface area contributed by atoms with Crippen LogP contribution in [0.3, 0.4) is 0 Å². The molecule has 0 spiro atoms. The van der Waals surface area contributed by atoms with E-state index in [0.29, 0.717) is 16.5 Å². The van der Waals surface area contributed by atoms with Gasteiger partial charge in [-0.25, -0.2) is 13.8 Å². The van der Waals surface area contributed by atoms with Crippen LogP contribution < -0.4 is 0 Å². The molecule has 0 N–H and O–H groups in total. The molecule has 0 aliphatic rings. The summed E-state index contributed by atoms with van der Waals surface area (Å²) in [6.07, 6.45) is -1.14. The van der Waals surface area contributed by atoms with Crippen LogP contribution in [0.25, 0.3) is 0 Å². The van der Waals surface area contributed by atoms with Gasteiger partial charge in [-0.2, -0.15) is 0 Å². The molecule has 0 aromatic carbocycles. The van der Waals surface area contributed by atoms with E-state index in [9.17, 15) is 8.78 Å². The molecule has 0 radical (unpaired) electrons. The largest absolute Gasteiger partial charge is 0.264 e. The number of hydrogen-bond acceptors (Lipinski definition) is 1. The molecule has 1 rings (SSSR count). The topological polar surface area (TPSA) is 12.9 Å². The number of alkyl halides is 3. The van der Waals surface area contributed by atoms with E-state index in [1.54, 1.807) is 6.92 Å². The Bertz CT molecular complexity index is 317. The maximum atomic E-state index is 12.5. The van der Waals surface area contributed by atoms with Crippen LogP contribution in [-0.4, -0.2) is 4.98 Å². The standard InChI is InChI=1S/C8H7BrClF2N/c1-4-6(8(11)12)5(2-9)3-13-7(4)10/h3,8H,2H2,1H3. The van der Waals surface area contributed by atoms with Crippen molar-refractivity contribution < 1.29 is 8.78 Å². The van der Waals surface area contributed by atoms with Crippen LogP contribution >= 0.6 is 27.5 Å².